The molecular formula is C9H9BrN2O. The molecule has 4 heteroatoms. The Kier molecular flexibility index (Phi) is 2.01. The van der Waals surface area contributed by atoms with Gasteiger partial charge in [-0.05, 0) is 33.6 Å². The summed E-state index contributed by atoms with van der Waals surface area (Å²) in [5.41, 5.74) is 7.36. The van der Waals surface area contributed by atoms with Crippen molar-refractivity contribution in [1.29, 1.82) is 0 Å². The molecule has 0 bridgehead atoms. The van der Waals surface area contributed by atoms with E-state index in [1.165, 1.54) is 0 Å². The number of hydrogen-bond donors (Lipinski definition) is 3. The summed E-state index contributed by atoms with van der Waals surface area (Å²) in [6.45, 7) is 0.421. The van der Waals surface area contributed by atoms with Crippen molar-refractivity contribution in [3.05, 3.63) is 28.4 Å². The van der Waals surface area contributed by atoms with Gasteiger partial charge in [0.05, 0.1) is 4.47 Å². The van der Waals surface area contributed by atoms with Crippen LogP contribution in [0.2, 0.25) is 0 Å². The van der Waals surface area contributed by atoms with Crippen molar-refractivity contribution in [2.45, 2.75) is 6.54 Å². The highest BCUT2D eigenvalue weighted by atomic mass is 79.9. The minimum absolute atomic E-state index is 0.249. The van der Waals surface area contributed by atoms with E-state index in [0.717, 1.165) is 16.5 Å². The maximum atomic E-state index is 9.74. The van der Waals surface area contributed by atoms with Gasteiger partial charge in [-0.15, -0.1) is 0 Å². The Bertz CT molecular complexity index is 450. The molecule has 1 heterocycles. The van der Waals surface area contributed by atoms with Gasteiger partial charge in [0.2, 0.25) is 0 Å². The molecule has 0 aliphatic rings. The number of aromatic nitrogens is 1. The second kappa shape index (κ2) is 3.05. The summed E-state index contributed by atoms with van der Waals surface area (Å²) >= 11 is 3.26. The van der Waals surface area contributed by atoms with Gasteiger partial charge in [0, 0.05) is 23.6 Å². The lowest BCUT2D eigenvalue weighted by atomic mass is 10.1. The Morgan fingerprint density at radius 2 is 2.23 bits per heavy atom. The minimum atomic E-state index is 0.249. The third kappa shape index (κ3) is 1.22. The highest BCUT2D eigenvalue weighted by Crippen LogP contribution is 2.34. The number of hydrogen-bond acceptors (Lipinski definition) is 2. The van der Waals surface area contributed by atoms with Gasteiger partial charge in [0.15, 0.2) is 0 Å². The molecule has 0 saturated carbocycles. The molecule has 0 amide bonds. The first-order valence-electron chi connectivity index (χ1n) is 3.91. The number of aromatic hydroxyl groups is 1. The van der Waals surface area contributed by atoms with Crippen molar-refractivity contribution < 1.29 is 5.11 Å². The summed E-state index contributed by atoms with van der Waals surface area (Å²) in [7, 11) is 0. The van der Waals surface area contributed by atoms with Crippen molar-refractivity contribution in [3.63, 3.8) is 0 Å². The van der Waals surface area contributed by atoms with Crippen LogP contribution in [0, 0.1) is 0 Å². The van der Waals surface area contributed by atoms with Crippen LogP contribution in [0.25, 0.3) is 10.9 Å². The SMILES string of the molecule is NCc1c[nH]c2ccc(Br)c(O)c12. The number of nitrogens with two attached hydrogens (primary N) is 1. The number of fused-ring (bicyclic) bond motifs is 1. The summed E-state index contributed by atoms with van der Waals surface area (Å²) in [5, 5.41) is 10.5. The van der Waals surface area contributed by atoms with Gasteiger partial charge in [-0.2, -0.15) is 0 Å². The van der Waals surface area contributed by atoms with Crippen LogP contribution in [0.1, 0.15) is 5.56 Å². The van der Waals surface area contributed by atoms with Gasteiger partial charge in [0.1, 0.15) is 5.75 Å². The van der Waals surface area contributed by atoms with Gasteiger partial charge >= 0.3 is 0 Å². The predicted octanol–water partition coefficient (Wildman–Crippen LogP) is 2.09. The number of phenolic OH excluding ortho intramolecular Hbond substituents is 1. The van der Waals surface area contributed by atoms with Crippen LogP contribution in [-0.2, 0) is 6.54 Å². The Morgan fingerprint density at radius 1 is 1.46 bits per heavy atom. The van der Waals surface area contributed by atoms with Gasteiger partial charge in [-0.25, -0.2) is 0 Å². The number of H-pyrrole nitrogens is 1. The molecule has 4 N–H and O–H groups in total. The Labute approximate surface area is 83.7 Å². The summed E-state index contributed by atoms with van der Waals surface area (Å²) in [6, 6.07) is 3.70. The third-order valence-electron chi connectivity index (χ3n) is 2.07. The van der Waals surface area contributed by atoms with Crippen molar-refractivity contribution in [3.8, 4) is 5.75 Å². The van der Waals surface area contributed by atoms with Crippen LogP contribution < -0.4 is 5.73 Å². The van der Waals surface area contributed by atoms with Crippen molar-refractivity contribution in [2.24, 2.45) is 5.73 Å². The maximum Gasteiger partial charge on any atom is 0.139 e. The lowest BCUT2D eigenvalue weighted by Gasteiger charge is -2.00. The average molecular weight is 241 g/mol. The van der Waals surface area contributed by atoms with Gasteiger partial charge in [0.25, 0.3) is 0 Å². The molecular weight excluding hydrogens is 232 g/mol. The Hall–Kier alpha value is -1.00. The third-order valence-corrected chi connectivity index (χ3v) is 2.71. The van der Waals surface area contributed by atoms with E-state index >= 15 is 0 Å². The number of halogens is 1. The zero-order chi connectivity index (χ0) is 9.42. The Balaban J connectivity index is 2.85. The molecule has 0 fully saturated rings. The summed E-state index contributed by atoms with van der Waals surface area (Å²) in [5.74, 6) is 0.249. The van der Waals surface area contributed by atoms with E-state index in [9.17, 15) is 5.11 Å². The molecule has 68 valence electrons. The second-order valence-electron chi connectivity index (χ2n) is 2.84. The van der Waals surface area contributed by atoms with E-state index in [1.807, 2.05) is 12.3 Å². The number of nitrogens with one attached hydrogen (secondary N) is 1. The molecule has 0 unspecified atom stereocenters. The molecule has 0 aliphatic heterocycles. The van der Waals surface area contributed by atoms with E-state index in [2.05, 4.69) is 20.9 Å². The van der Waals surface area contributed by atoms with Crippen molar-refractivity contribution >= 4 is 26.8 Å². The van der Waals surface area contributed by atoms with Gasteiger partial charge in [-0.1, -0.05) is 0 Å². The monoisotopic (exact) mass is 240 g/mol. The minimum Gasteiger partial charge on any atom is -0.506 e. The second-order valence-corrected chi connectivity index (χ2v) is 3.69. The number of benzene rings is 1. The Morgan fingerprint density at radius 3 is 2.92 bits per heavy atom. The molecule has 0 radical (unpaired) electrons. The predicted molar refractivity (Wildman–Crippen MR) is 55.6 cm³/mol. The van der Waals surface area contributed by atoms with E-state index in [1.54, 1.807) is 6.07 Å². The topological polar surface area (TPSA) is 62.0 Å². The number of aromatic amines is 1. The van der Waals surface area contributed by atoms with Gasteiger partial charge in [-0.3, -0.25) is 0 Å². The van der Waals surface area contributed by atoms with Crippen LogP contribution >= 0.6 is 15.9 Å². The normalized spacial score (nSPS) is 10.9. The fraction of sp³-hybridized carbons (Fsp3) is 0.111. The summed E-state index contributed by atoms with van der Waals surface area (Å²) in [4.78, 5) is 3.05. The number of phenols is 1. The first-order valence-corrected chi connectivity index (χ1v) is 4.71. The molecule has 1 aromatic carbocycles. The lowest BCUT2D eigenvalue weighted by Crippen LogP contribution is -1.94. The maximum absolute atomic E-state index is 9.74. The molecule has 0 atom stereocenters. The molecule has 2 aromatic rings. The smallest absolute Gasteiger partial charge is 0.139 e. The molecule has 0 aliphatic carbocycles. The zero-order valence-electron chi connectivity index (χ0n) is 6.84. The summed E-state index contributed by atoms with van der Waals surface area (Å²) in [6.07, 6.45) is 1.82. The zero-order valence-corrected chi connectivity index (χ0v) is 8.43. The quantitative estimate of drug-likeness (QED) is 0.715. The molecule has 2 rings (SSSR count). The van der Waals surface area contributed by atoms with Crippen LogP contribution in [0.15, 0.2) is 22.8 Å². The van der Waals surface area contributed by atoms with E-state index in [4.69, 9.17) is 5.73 Å². The molecule has 0 spiro atoms. The van der Waals surface area contributed by atoms with Crippen molar-refractivity contribution in [2.75, 3.05) is 0 Å². The first kappa shape index (κ1) is 8.59. The molecule has 13 heavy (non-hydrogen) atoms. The van der Waals surface area contributed by atoms with Crippen LogP contribution in [0.5, 0.6) is 5.75 Å². The largest absolute Gasteiger partial charge is 0.506 e. The number of rotatable bonds is 1. The van der Waals surface area contributed by atoms with E-state index < -0.39 is 0 Å². The lowest BCUT2D eigenvalue weighted by molar-refractivity contribution is 0.478. The molecule has 0 saturated heterocycles. The molecule has 1 aromatic heterocycles. The fourth-order valence-electron chi connectivity index (χ4n) is 1.41. The highest BCUT2D eigenvalue weighted by Gasteiger charge is 2.09. The van der Waals surface area contributed by atoms with Crippen LogP contribution in [0.3, 0.4) is 0 Å². The average Bonchev–Trinajstić information content (AvgIpc) is 2.55. The van der Waals surface area contributed by atoms with Gasteiger partial charge < -0.3 is 15.8 Å². The van der Waals surface area contributed by atoms with E-state index in [0.29, 0.717) is 11.0 Å². The fourth-order valence-corrected chi connectivity index (χ4v) is 1.74. The van der Waals surface area contributed by atoms with E-state index in [-0.39, 0.29) is 5.75 Å². The summed E-state index contributed by atoms with van der Waals surface area (Å²) < 4.78 is 0.689. The van der Waals surface area contributed by atoms with Crippen LogP contribution in [0.4, 0.5) is 0 Å². The highest BCUT2D eigenvalue weighted by molar-refractivity contribution is 9.10. The van der Waals surface area contributed by atoms with Crippen LogP contribution in [-0.4, -0.2) is 10.1 Å². The molecule has 3 nitrogen and oxygen atoms in total. The first-order chi connectivity index (χ1) is 6.24. The standard InChI is InChI=1S/C9H9BrN2O/c10-6-1-2-7-8(9(6)13)5(3-11)4-12-7/h1-2,4,12-13H,3,11H2. The van der Waals surface area contributed by atoms with Crippen molar-refractivity contribution in [1.82, 2.24) is 4.98 Å².